The quantitative estimate of drug-likeness (QED) is 0.705. The molecule has 0 aliphatic carbocycles. The van der Waals surface area contributed by atoms with E-state index in [-0.39, 0.29) is 17.1 Å². The number of hydrogen-bond acceptors (Lipinski definition) is 6. The highest BCUT2D eigenvalue weighted by Gasteiger charge is 2.21. The molecule has 0 saturated carbocycles. The summed E-state index contributed by atoms with van der Waals surface area (Å²) in [4.78, 5) is 3.81. The van der Waals surface area contributed by atoms with Gasteiger partial charge in [-0.05, 0) is 28.1 Å². The molecule has 108 valence electrons. The van der Waals surface area contributed by atoms with Gasteiger partial charge in [0, 0.05) is 21.9 Å². The molecule has 0 aliphatic heterocycles. The topological polar surface area (TPSA) is 111 Å². The van der Waals surface area contributed by atoms with Gasteiger partial charge >= 0.3 is 0 Å². The molecule has 0 amide bonds. The van der Waals surface area contributed by atoms with Crippen LogP contribution in [0.15, 0.2) is 36.8 Å². The summed E-state index contributed by atoms with van der Waals surface area (Å²) >= 11 is 6.43. The van der Waals surface area contributed by atoms with E-state index in [0.717, 1.165) is 0 Å². The Morgan fingerprint density at radius 3 is 2.70 bits per heavy atom. The fourth-order valence-corrected chi connectivity index (χ4v) is 4.63. The van der Waals surface area contributed by atoms with E-state index in [2.05, 4.69) is 46.7 Å². The molecule has 0 spiro atoms. The molecule has 0 radical (unpaired) electrons. The van der Waals surface area contributed by atoms with Gasteiger partial charge < -0.3 is 10.3 Å². The maximum Gasteiger partial charge on any atom is 0.243 e. The Labute approximate surface area is 132 Å². The van der Waals surface area contributed by atoms with E-state index >= 15 is 0 Å². The number of halogens is 2. The SMILES string of the molecule is Nc1cc(Br)cc(Br)c1S(=O)(=O)NCCc1ncno1. The fraction of sp³-hybridized carbons (Fsp3) is 0.200. The van der Waals surface area contributed by atoms with Crippen LogP contribution in [0.3, 0.4) is 0 Å². The minimum atomic E-state index is -3.72. The molecule has 0 saturated heterocycles. The van der Waals surface area contributed by atoms with Gasteiger partial charge in [-0.2, -0.15) is 4.98 Å². The van der Waals surface area contributed by atoms with Crippen LogP contribution >= 0.6 is 31.9 Å². The van der Waals surface area contributed by atoms with Gasteiger partial charge in [0.15, 0.2) is 6.33 Å². The lowest BCUT2D eigenvalue weighted by Crippen LogP contribution is -2.27. The lowest BCUT2D eigenvalue weighted by Gasteiger charge is -2.11. The first kappa shape index (κ1) is 15.4. The summed E-state index contributed by atoms with van der Waals surface area (Å²) in [7, 11) is -3.72. The van der Waals surface area contributed by atoms with Crippen molar-refractivity contribution in [2.45, 2.75) is 11.3 Å². The van der Waals surface area contributed by atoms with Crippen molar-refractivity contribution in [3.63, 3.8) is 0 Å². The Bertz CT molecular complexity index is 680. The molecular formula is C10H10Br2N4O3S. The van der Waals surface area contributed by atoms with Crippen molar-refractivity contribution in [1.82, 2.24) is 14.9 Å². The number of nitrogens with two attached hydrogens (primary N) is 1. The van der Waals surface area contributed by atoms with E-state index in [1.54, 1.807) is 6.07 Å². The van der Waals surface area contributed by atoms with Crippen LogP contribution in [0.1, 0.15) is 5.89 Å². The molecule has 2 rings (SSSR count). The van der Waals surface area contributed by atoms with Gasteiger partial charge in [-0.1, -0.05) is 21.1 Å². The third kappa shape index (κ3) is 3.57. The molecule has 1 aromatic heterocycles. The lowest BCUT2D eigenvalue weighted by molar-refractivity contribution is 0.377. The second kappa shape index (κ2) is 6.20. The summed E-state index contributed by atoms with van der Waals surface area (Å²) in [5, 5.41) is 3.44. The Balaban J connectivity index is 2.14. The highest BCUT2D eigenvalue weighted by atomic mass is 79.9. The van der Waals surface area contributed by atoms with E-state index in [9.17, 15) is 8.42 Å². The van der Waals surface area contributed by atoms with Gasteiger partial charge in [-0.3, -0.25) is 0 Å². The number of anilines is 1. The van der Waals surface area contributed by atoms with Crippen molar-refractivity contribution >= 4 is 47.6 Å². The number of nitrogen functional groups attached to an aromatic ring is 1. The minimum Gasteiger partial charge on any atom is -0.398 e. The maximum atomic E-state index is 12.2. The van der Waals surface area contributed by atoms with Crippen LogP contribution in [0.2, 0.25) is 0 Å². The molecule has 0 atom stereocenters. The highest BCUT2D eigenvalue weighted by Crippen LogP contribution is 2.31. The Morgan fingerprint density at radius 1 is 1.35 bits per heavy atom. The Morgan fingerprint density at radius 2 is 2.10 bits per heavy atom. The molecule has 1 aromatic carbocycles. The van der Waals surface area contributed by atoms with Crippen LogP contribution < -0.4 is 10.5 Å². The van der Waals surface area contributed by atoms with E-state index in [4.69, 9.17) is 10.3 Å². The second-order valence-electron chi connectivity index (χ2n) is 3.79. The Hall–Kier alpha value is -0.970. The van der Waals surface area contributed by atoms with Crippen LogP contribution in [0, 0.1) is 0 Å². The van der Waals surface area contributed by atoms with Crippen LogP contribution in [-0.4, -0.2) is 25.1 Å². The van der Waals surface area contributed by atoms with Crippen LogP contribution in [0.25, 0.3) is 0 Å². The molecule has 7 nitrogen and oxygen atoms in total. The predicted molar refractivity (Wildman–Crippen MR) is 79.4 cm³/mol. The smallest absolute Gasteiger partial charge is 0.243 e. The first-order chi connectivity index (χ1) is 9.40. The number of nitrogens with zero attached hydrogens (tertiary/aromatic N) is 2. The van der Waals surface area contributed by atoms with Crippen molar-refractivity contribution in [3.8, 4) is 0 Å². The van der Waals surface area contributed by atoms with Gasteiger partial charge in [0.1, 0.15) is 4.90 Å². The van der Waals surface area contributed by atoms with Crippen molar-refractivity contribution < 1.29 is 12.9 Å². The molecule has 1 heterocycles. The summed E-state index contributed by atoms with van der Waals surface area (Å²) < 4.78 is 32.7. The number of aromatic nitrogens is 2. The first-order valence-electron chi connectivity index (χ1n) is 5.40. The van der Waals surface area contributed by atoms with Crippen molar-refractivity contribution in [2.24, 2.45) is 0 Å². The summed E-state index contributed by atoms with van der Waals surface area (Å²) in [6.07, 6.45) is 1.56. The minimum absolute atomic E-state index is 0.00577. The average molecular weight is 426 g/mol. The Kier molecular flexibility index (Phi) is 4.78. The van der Waals surface area contributed by atoms with Crippen molar-refractivity contribution in [2.75, 3.05) is 12.3 Å². The van der Waals surface area contributed by atoms with Crippen LogP contribution in [0.4, 0.5) is 5.69 Å². The number of hydrogen-bond donors (Lipinski definition) is 2. The molecule has 10 heteroatoms. The fourth-order valence-electron chi connectivity index (χ4n) is 1.53. The zero-order chi connectivity index (χ0) is 14.8. The van der Waals surface area contributed by atoms with Gasteiger partial charge in [-0.15, -0.1) is 0 Å². The summed E-state index contributed by atoms with van der Waals surface area (Å²) in [6.45, 7) is 0.131. The molecule has 2 aromatic rings. The number of sulfonamides is 1. The zero-order valence-electron chi connectivity index (χ0n) is 10.0. The van der Waals surface area contributed by atoms with Gasteiger partial charge in [0.25, 0.3) is 0 Å². The molecule has 0 fully saturated rings. The van der Waals surface area contributed by atoms with Crippen molar-refractivity contribution in [1.29, 1.82) is 0 Å². The first-order valence-corrected chi connectivity index (χ1v) is 8.47. The van der Waals surface area contributed by atoms with E-state index < -0.39 is 10.0 Å². The third-order valence-corrected chi connectivity index (χ3v) is 5.27. The monoisotopic (exact) mass is 424 g/mol. The summed E-state index contributed by atoms with van der Waals surface area (Å²) in [5.74, 6) is 0.357. The average Bonchev–Trinajstić information content (AvgIpc) is 2.79. The molecule has 0 bridgehead atoms. The highest BCUT2D eigenvalue weighted by molar-refractivity contribution is 9.11. The van der Waals surface area contributed by atoms with Crippen LogP contribution in [-0.2, 0) is 16.4 Å². The van der Waals surface area contributed by atoms with Gasteiger partial charge in [-0.25, -0.2) is 13.1 Å². The van der Waals surface area contributed by atoms with E-state index in [1.165, 1.54) is 12.4 Å². The largest absolute Gasteiger partial charge is 0.398 e. The number of benzene rings is 1. The van der Waals surface area contributed by atoms with Crippen molar-refractivity contribution in [3.05, 3.63) is 33.3 Å². The maximum absolute atomic E-state index is 12.2. The third-order valence-electron chi connectivity index (χ3n) is 2.34. The van der Waals surface area contributed by atoms with Gasteiger partial charge in [0.2, 0.25) is 15.9 Å². The molecule has 0 unspecified atom stereocenters. The molecule has 3 N–H and O–H groups in total. The van der Waals surface area contributed by atoms with E-state index in [0.29, 0.717) is 21.3 Å². The number of nitrogens with one attached hydrogen (secondary N) is 1. The standard InChI is InChI=1S/C10H10Br2N4O3S/c11-6-3-7(12)10(8(13)4-6)20(17,18)16-2-1-9-14-5-15-19-9/h3-5,16H,1-2,13H2. The lowest BCUT2D eigenvalue weighted by atomic mass is 10.3. The predicted octanol–water partition coefficient (Wildman–Crippen LogP) is 1.70. The van der Waals surface area contributed by atoms with Gasteiger partial charge in [0.05, 0.1) is 5.69 Å². The number of rotatable bonds is 5. The molecule has 20 heavy (non-hydrogen) atoms. The molecule has 0 aliphatic rings. The summed E-state index contributed by atoms with van der Waals surface area (Å²) in [5.41, 5.74) is 5.90. The molecular weight excluding hydrogens is 416 g/mol. The summed E-state index contributed by atoms with van der Waals surface area (Å²) in [6, 6.07) is 3.14. The van der Waals surface area contributed by atoms with E-state index in [1.807, 2.05) is 0 Å². The zero-order valence-corrected chi connectivity index (χ0v) is 14.0. The normalized spacial score (nSPS) is 11.7. The van der Waals surface area contributed by atoms with Crippen LogP contribution in [0.5, 0.6) is 0 Å². The second-order valence-corrected chi connectivity index (χ2v) is 7.26.